The smallest absolute Gasteiger partial charge is 0.410 e. The maximum absolute atomic E-state index is 11.9. The molecular formula is C15H21NO3. The predicted octanol–water partition coefficient (Wildman–Crippen LogP) is 2.42. The van der Waals surface area contributed by atoms with Crippen LogP contribution in [-0.2, 0) is 11.3 Å². The molecule has 0 bridgehead atoms. The zero-order chi connectivity index (χ0) is 13.7. The summed E-state index contributed by atoms with van der Waals surface area (Å²) < 4.78 is 5.26. The molecule has 19 heavy (non-hydrogen) atoms. The normalized spacial score (nSPS) is 22.5. The van der Waals surface area contributed by atoms with Gasteiger partial charge in [-0.3, -0.25) is 0 Å². The molecule has 0 aromatic heterocycles. The minimum absolute atomic E-state index is 0.189. The molecule has 1 aliphatic rings. The third-order valence-electron chi connectivity index (χ3n) is 3.53. The molecule has 1 aliphatic heterocycles. The second kappa shape index (κ2) is 6.57. The molecule has 1 heterocycles. The van der Waals surface area contributed by atoms with Gasteiger partial charge in [0, 0.05) is 12.5 Å². The SMILES string of the molecule is CCCC1CN(C(=O)OCc2ccccc2)CC1O. The van der Waals surface area contributed by atoms with Crippen molar-refractivity contribution in [1.82, 2.24) is 4.90 Å². The number of carbonyl (C=O) groups excluding carboxylic acids is 1. The number of ether oxygens (including phenoxy) is 1. The molecule has 2 rings (SSSR count). The zero-order valence-electron chi connectivity index (χ0n) is 11.3. The van der Waals surface area contributed by atoms with E-state index in [4.69, 9.17) is 4.74 Å². The van der Waals surface area contributed by atoms with Crippen molar-refractivity contribution in [3.63, 3.8) is 0 Å². The van der Waals surface area contributed by atoms with Crippen LogP contribution in [0.4, 0.5) is 4.79 Å². The van der Waals surface area contributed by atoms with Crippen LogP contribution in [0.2, 0.25) is 0 Å². The average molecular weight is 263 g/mol. The topological polar surface area (TPSA) is 49.8 Å². The number of β-amino-alcohol motifs (C(OH)–C–C–N with tert-alkyl or cyclic N) is 1. The van der Waals surface area contributed by atoms with Crippen molar-refractivity contribution >= 4 is 6.09 Å². The standard InChI is InChI=1S/C15H21NO3/c1-2-6-13-9-16(10-14(13)17)15(18)19-11-12-7-4-3-5-8-12/h3-5,7-8,13-14,17H,2,6,9-11H2,1H3. The van der Waals surface area contributed by atoms with Gasteiger partial charge in [-0.15, -0.1) is 0 Å². The first-order valence-electron chi connectivity index (χ1n) is 6.84. The number of carbonyl (C=O) groups is 1. The van der Waals surface area contributed by atoms with E-state index < -0.39 is 6.10 Å². The van der Waals surface area contributed by atoms with Crippen LogP contribution in [-0.4, -0.2) is 35.3 Å². The Hall–Kier alpha value is -1.55. The fourth-order valence-corrected chi connectivity index (χ4v) is 2.47. The Morgan fingerprint density at radius 1 is 1.37 bits per heavy atom. The highest BCUT2D eigenvalue weighted by molar-refractivity contribution is 5.68. The van der Waals surface area contributed by atoms with Crippen molar-refractivity contribution in [2.24, 2.45) is 5.92 Å². The van der Waals surface area contributed by atoms with Gasteiger partial charge in [-0.2, -0.15) is 0 Å². The Morgan fingerprint density at radius 3 is 2.79 bits per heavy atom. The van der Waals surface area contributed by atoms with Crippen LogP contribution >= 0.6 is 0 Å². The number of benzene rings is 1. The van der Waals surface area contributed by atoms with Crippen molar-refractivity contribution in [3.8, 4) is 0 Å². The number of hydrogen-bond donors (Lipinski definition) is 1. The number of likely N-dealkylation sites (tertiary alicyclic amines) is 1. The lowest BCUT2D eigenvalue weighted by atomic mass is 10.0. The van der Waals surface area contributed by atoms with E-state index in [1.54, 1.807) is 4.90 Å². The fraction of sp³-hybridized carbons (Fsp3) is 0.533. The van der Waals surface area contributed by atoms with Gasteiger partial charge in [-0.1, -0.05) is 43.7 Å². The third-order valence-corrected chi connectivity index (χ3v) is 3.53. The highest BCUT2D eigenvalue weighted by Crippen LogP contribution is 2.22. The van der Waals surface area contributed by atoms with Gasteiger partial charge in [-0.05, 0) is 12.0 Å². The van der Waals surface area contributed by atoms with E-state index in [9.17, 15) is 9.90 Å². The fourth-order valence-electron chi connectivity index (χ4n) is 2.47. The molecule has 0 saturated carbocycles. The molecule has 0 aliphatic carbocycles. The van der Waals surface area contributed by atoms with Gasteiger partial charge < -0.3 is 14.7 Å². The molecule has 4 heteroatoms. The van der Waals surface area contributed by atoms with Crippen LogP contribution in [0, 0.1) is 5.92 Å². The van der Waals surface area contributed by atoms with Gasteiger partial charge in [0.15, 0.2) is 0 Å². The molecule has 1 saturated heterocycles. The molecule has 0 spiro atoms. The molecule has 1 amide bonds. The lowest BCUT2D eigenvalue weighted by Gasteiger charge is -2.15. The molecule has 1 fully saturated rings. The Labute approximate surface area is 114 Å². The maximum Gasteiger partial charge on any atom is 0.410 e. The predicted molar refractivity (Wildman–Crippen MR) is 72.6 cm³/mol. The van der Waals surface area contributed by atoms with Crippen LogP contribution in [0.1, 0.15) is 25.3 Å². The second-order valence-electron chi connectivity index (χ2n) is 5.06. The van der Waals surface area contributed by atoms with E-state index in [-0.39, 0.29) is 18.6 Å². The number of amides is 1. The minimum Gasteiger partial charge on any atom is -0.445 e. The molecule has 104 valence electrons. The highest BCUT2D eigenvalue weighted by atomic mass is 16.6. The van der Waals surface area contributed by atoms with Gasteiger partial charge in [0.1, 0.15) is 6.61 Å². The van der Waals surface area contributed by atoms with E-state index in [2.05, 4.69) is 6.92 Å². The molecule has 1 N–H and O–H groups in total. The average Bonchev–Trinajstić information content (AvgIpc) is 2.79. The van der Waals surface area contributed by atoms with Crippen molar-refractivity contribution < 1.29 is 14.6 Å². The summed E-state index contributed by atoms with van der Waals surface area (Å²) in [7, 11) is 0. The number of hydrogen-bond acceptors (Lipinski definition) is 3. The Balaban J connectivity index is 1.81. The number of nitrogens with zero attached hydrogens (tertiary/aromatic N) is 1. The van der Waals surface area contributed by atoms with E-state index in [1.807, 2.05) is 30.3 Å². The monoisotopic (exact) mass is 263 g/mol. The summed E-state index contributed by atoms with van der Waals surface area (Å²) in [5, 5.41) is 9.88. The summed E-state index contributed by atoms with van der Waals surface area (Å²) in [6, 6.07) is 9.61. The third kappa shape index (κ3) is 3.70. The van der Waals surface area contributed by atoms with Gasteiger partial charge in [0.2, 0.25) is 0 Å². The summed E-state index contributed by atoms with van der Waals surface area (Å²) >= 11 is 0. The zero-order valence-corrected chi connectivity index (χ0v) is 11.3. The van der Waals surface area contributed by atoms with Gasteiger partial charge in [0.05, 0.1) is 12.6 Å². The number of rotatable bonds is 4. The Morgan fingerprint density at radius 2 is 2.11 bits per heavy atom. The number of aliphatic hydroxyl groups is 1. The molecule has 2 atom stereocenters. The summed E-state index contributed by atoms with van der Waals surface area (Å²) in [6.45, 7) is 3.36. The van der Waals surface area contributed by atoms with Crippen LogP contribution in [0.15, 0.2) is 30.3 Å². The Bertz CT molecular complexity index is 407. The maximum atomic E-state index is 11.9. The molecule has 2 unspecified atom stereocenters. The van der Waals surface area contributed by atoms with Crippen LogP contribution in [0.5, 0.6) is 0 Å². The quantitative estimate of drug-likeness (QED) is 0.907. The van der Waals surface area contributed by atoms with Crippen LogP contribution in [0.25, 0.3) is 0 Å². The number of aliphatic hydroxyl groups excluding tert-OH is 1. The van der Waals surface area contributed by atoms with Gasteiger partial charge >= 0.3 is 6.09 Å². The summed E-state index contributed by atoms with van der Waals surface area (Å²) in [5.41, 5.74) is 0.973. The van der Waals surface area contributed by atoms with Crippen molar-refractivity contribution in [2.45, 2.75) is 32.5 Å². The molecule has 1 aromatic rings. The van der Waals surface area contributed by atoms with Crippen LogP contribution in [0.3, 0.4) is 0 Å². The Kier molecular flexibility index (Phi) is 4.80. The summed E-state index contributed by atoms with van der Waals surface area (Å²) in [6.07, 6.45) is 1.23. The van der Waals surface area contributed by atoms with E-state index in [0.717, 1.165) is 18.4 Å². The second-order valence-corrected chi connectivity index (χ2v) is 5.06. The lowest BCUT2D eigenvalue weighted by Crippen LogP contribution is -2.30. The highest BCUT2D eigenvalue weighted by Gasteiger charge is 2.33. The van der Waals surface area contributed by atoms with Crippen molar-refractivity contribution in [3.05, 3.63) is 35.9 Å². The van der Waals surface area contributed by atoms with Crippen LogP contribution < -0.4 is 0 Å². The van der Waals surface area contributed by atoms with Gasteiger partial charge in [-0.25, -0.2) is 4.79 Å². The first-order valence-corrected chi connectivity index (χ1v) is 6.84. The minimum atomic E-state index is -0.413. The largest absolute Gasteiger partial charge is 0.445 e. The molecule has 1 aromatic carbocycles. The van der Waals surface area contributed by atoms with Gasteiger partial charge in [0.25, 0.3) is 0 Å². The molecule has 0 radical (unpaired) electrons. The van der Waals surface area contributed by atoms with E-state index in [0.29, 0.717) is 13.1 Å². The first kappa shape index (κ1) is 13.9. The summed E-state index contributed by atoms with van der Waals surface area (Å²) in [5.74, 6) is 0.189. The first-order chi connectivity index (χ1) is 9.20. The van der Waals surface area contributed by atoms with Crippen molar-refractivity contribution in [2.75, 3.05) is 13.1 Å². The molecule has 4 nitrogen and oxygen atoms in total. The summed E-state index contributed by atoms with van der Waals surface area (Å²) in [4.78, 5) is 13.5. The lowest BCUT2D eigenvalue weighted by molar-refractivity contribution is 0.0966. The van der Waals surface area contributed by atoms with Crippen molar-refractivity contribution in [1.29, 1.82) is 0 Å². The molecular weight excluding hydrogens is 242 g/mol. The van der Waals surface area contributed by atoms with E-state index in [1.165, 1.54) is 0 Å². The van der Waals surface area contributed by atoms with E-state index >= 15 is 0 Å².